The third kappa shape index (κ3) is 6.89. The molecule has 1 aromatic heterocycles. The van der Waals surface area contributed by atoms with Crippen LogP contribution in [0.2, 0.25) is 0 Å². The molecule has 1 N–H and O–H groups in total. The normalized spacial score (nSPS) is 12.3. The summed E-state index contributed by atoms with van der Waals surface area (Å²) in [6, 6.07) is 0. The summed E-state index contributed by atoms with van der Waals surface area (Å²) in [4.78, 5) is 5.74. The average molecular weight is 295 g/mol. The van der Waals surface area contributed by atoms with Crippen LogP contribution >= 0.6 is 11.3 Å². The van der Waals surface area contributed by atoms with Gasteiger partial charge in [-0.15, -0.1) is 11.3 Å². The van der Waals surface area contributed by atoms with Crippen LogP contribution in [0, 0.1) is 0 Å². The van der Waals surface area contributed by atoms with Crippen LogP contribution in [0.1, 0.15) is 31.0 Å². The molecule has 0 aliphatic carbocycles. The van der Waals surface area contributed by atoms with Gasteiger partial charge < -0.3 is 5.32 Å². The molecule has 1 aromatic rings. The van der Waals surface area contributed by atoms with E-state index in [1.807, 2.05) is 19.2 Å². The fourth-order valence-electron chi connectivity index (χ4n) is 1.75. The number of halogens is 3. The molecule has 0 unspecified atom stereocenters. The minimum Gasteiger partial charge on any atom is -0.311 e. The topological polar surface area (TPSA) is 28.2 Å². The molecule has 0 aliphatic heterocycles. The van der Waals surface area contributed by atoms with Gasteiger partial charge in [0.2, 0.25) is 0 Å². The second kappa shape index (κ2) is 7.81. The van der Waals surface area contributed by atoms with Crippen molar-refractivity contribution in [1.29, 1.82) is 0 Å². The van der Waals surface area contributed by atoms with E-state index in [9.17, 15) is 13.2 Å². The molecule has 0 radical (unpaired) electrons. The molecule has 1 heterocycles. The first-order valence-electron chi connectivity index (χ1n) is 6.37. The Bertz CT molecular complexity index is 365. The molecule has 7 heteroatoms. The number of nitrogens with one attached hydrogen (secondary N) is 1. The van der Waals surface area contributed by atoms with E-state index in [2.05, 4.69) is 10.3 Å². The number of hydrogen-bond acceptors (Lipinski definition) is 4. The summed E-state index contributed by atoms with van der Waals surface area (Å²) in [6.45, 7) is 5.22. The lowest BCUT2D eigenvalue weighted by atomic mass is 10.3. The number of hydrogen-bond donors (Lipinski definition) is 1. The second-order valence-electron chi connectivity index (χ2n) is 4.34. The lowest BCUT2D eigenvalue weighted by Crippen LogP contribution is -2.34. The Morgan fingerprint density at radius 2 is 2.11 bits per heavy atom. The predicted octanol–water partition coefficient (Wildman–Crippen LogP) is 3.03. The first-order chi connectivity index (χ1) is 8.94. The Morgan fingerprint density at radius 3 is 2.68 bits per heavy atom. The maximum atomic E-state index is 12.4. The van der Waals surface area contributed by atoms with E-state index in [1.165, 1.54) is 16.2 Å². The van der Waals surface area contributed by atoms with Crippen molar-refractivity contribution in [2.24, 2.45) is 0 Å². The van der Waals surface area contributed by atoms with E-state index in [0.29, 0.717) is 19.5 Å². The van der Waals surface area contributed by atoms with Crippen LogP contribution in [0.15, 0.2) is 5.38 Å². The van der Waals surface area contributed by atoms with Crippen LogP contribution in [0.3, 0.4) is 0 Å². The van der Waals surface area contributed by atoms with Gasteiger partial charge in [0.25, 0.3) is 0 Å². The maximum absolute atomic E-state index is 12.4. The van der Waals surface area contributed by atoms with Gasteiger partial charge in [-0.1, -0.05) is 13.8 Å². The number of aromatic nitrogens is 1. The molecule has 0 fully saturated rings. The van der Waals surface area contributed by atoms with Gasteiger partial charge in [0, 0.05) is 18.5 Å². The molecule has 0 atom stereocenters. The third-order valence-corrected chi connectivity index (χ3v) is 3.35. The van der Waals surface area contributed by atoms with Crippen LogP contribution in [0.5, 0.6) is 0 Å². The van der Waals surface area contributed by atoms with Crippen molar-refractivity contribution in [3.05, 3.63) is 16.1 Å². The Balaban J connectivity index is 2.55. The van der Waals surface area contributed by atoms with Gasteiger partial charge in [-0.25, -0.2) is 4.98 Å². The van der Waals surface area contributed by atoms with E-state index in [1.54, 1.807) is 0 Å². The van der Waals surface area contributed by atoms with Gasteiger partial charge in [-0.2, -0.15) is 13.2 Å². The highest BCUT2D eigenvalue weighted by Gasteiger charge is 2.30. The number of thiazole rings is 1. The smallest absolute Gasteiger partial charge is 0.311 e. The molecular weight excluding hydrogens is 275 g/mol. The van der Waals surface area contributed by atoms with Crippen molar-refractivity contribution in [3.8, 4) is 0 Å². The zero-order valence-electron chi connectivity index (χ0n) is 11.3. The summed E-state index contributed by atoms with van der Waals surface area (Å²) >= 11 is 1.49. The van der Waals surface area contributed by atoms with E-state index < -0.39 is 12.7 Å². The van der Waals surface area contributed by atoms with E-state index >= 15 is 0 Å². The van der Waals surface area contributed by atoms with Crippen molar-refractivity contribution in [3.63, 3.8) is 0 Å². The summed E-state index contributed by atoms with van der Waals surface area (Å²) < 4.78 is 37.3. The summed E-state index contributed by atoms with van der Waals surface area (Å²) in [5.74, 6) is 0. The molecule has 0 saturated carbocycles. The molecule has 0 aromatic carbocycles. The molecule has 19 heavy (non-hydrogen) atoms. The van der Waals surface area contributed by atoms with Gasteiger partial charge in [0.15, 0.2) is 0 Å². The largest absolute Gasteiger partial charge is 0.401 e. The van der Waals surface area contributed by atoms with E-state index in [4.69, 9.17) is 0 Å². The van der Waals surface area contributed by atoms with Crippen molar-refractivity contribution >= 4 is 11.3 Å². The fourth-order valence-corrected chi connectivity index (χ4v) is 2.50. The van der Waals surface area contributed by atoms with E-state index in [-0.39, 0.29) is 6.54 Å². The second-order valence-corrected chi connectivity index (χ2v) is 5.28. The quantitative estimate of drug-likeness (QED) is 0.799. The number of rotatable bonds is 8. The summed E-state index contributed by atoms with van der Waals surface area (Å²) in [7, 11) is 0. The highest BCUT2D eigenvalue weighted by atomic mass is 32.1. The standard InChI is InChI=1S/C12H20F3N3S/c1-3-5-18(9-12(13,14)15)7-10-8-19-11(17-10)6-16-4-2/h8,16H,3-7,9H2,1-2H3. The number of alkyl halides is 3. The molecule has 0 saturated heterocycles. The van der Waals surface area contributed by atoms with Gasteiger partial charge >= 0.3 is 6.18 Å². The molecule has 0 bridgehead atoms. The zero-order valence-corrected chi connectivity index (χ0v) is 12.1. The lowest BCUT2D eigenvalue weighted by molar-refractivity contribution is -0.147. The SMILES string of the molecule is CCCN(Cc1csc(CNCC)n1)CC(F)(F)F. The lowest BCUT2D eigenvalue weighted by Gasteiger charge is -2.21. The van der Waals surface area contributed by atoms with Crippen molar-refractivity contribution in [1.82, 2.24) is 15.2 Å². The molecule has 0 amide bonds. The first kappa shape index (κ1) is 16.4. The highest BCUT2D eigenvalue weighted by molar-refractivity contribution is 7.09. The Kier molecular flexibility index (Phi) is 6.74. The van der Waals surface area contributed by atoms with Crippen molar-refractivity contribution in [2.75, 3.05) is 19.6 Å². The molecular formula is C12H20F3N3S. The third-order valence-electron chi connectivity index (χ3n) is 2.45. The minimum atomic E-state index is -4.15. The van der Waals surface area contributed by atoms with Crippen LogP contribution in [0.4, 0.5) is 13.2 Å². The van der Waals surface area contributed by atoms with Crippen molar-refractivity contribution < 1.29 is 13.2 Å². The van der Waals surface area contributed by atoms with Gasteiger partial charge in [-0.05, 0) is 19.5 Å². The average Bonchev–Trinajstić information content (AvgIpc) is 2.72. The van der Waals surface area contributed by atoms with Gasteiger partial charge in [0.05, 0.1) is 12.2 Å². The highest BCUT2D eigenvalue weighted by Crippen LogP contribution is 2.19. The maximum Gasteiger partial charge on any atom is 0.401 e. The van der Waals surface area contributed by atoms with Gasteiger partial charge in [0.1, 0.15) is 5.01 Å². The summed E-state index contributed by atoms with van der Waals surface area (Å²) in [5, 5.41) is 5.90. The molecule has 1 rings (SSSR count). The molecule has 0 aliphatic rings. The van der Waals surface area contributed by atoms with Crippen LogP contribution < -0.4 is 5.32 Å². The van der Waals surface area contributed by atoms with Crippen LogP contribution in [-0.2, 0) is 13.1 Å². The summed E-state index contributed by atoms with van der Waals surface area (Å²) in [5.41, 5.74) is 0.718. The zero-order chi connectivity index (χ0) is 14.3. The van der Waals surface area contributed by atoms with Crippen LogP contribution in [-0.4, -0.2) is 35.7 Å². The summed E-state index contributed by atoms with van der Waals surface area (Å²) in [6.07, 6.45) is -3.46. The Morgan fingerprint density at radius 1 is 1.37 bits per heavy atom. The number of nitrogens with zero attached hydrogens (tertiary/aromatic N) is 2. The fraction of sp³-hybridized carbons (Fsp3) is 0.750. The molecule has 3 nitrogen and oxygen atoms in total. The van der Waals surface area contributed by atoms with Crippen LogP contribution in [0.25, 0.3) is 0 Å². The van der Waals surface area contributed by atoms with E-state index in [0.717, 1.165) is 17.2 Å². The Hall–Kier alpha value is -0.660. The predicted molar refractivity (Wildman–Crippen MR) is 71.1 cm³/mol. The minimum absolute atomic E-state index is 0.260. The van der Waals surface area contributed by atoms with Crippen molar-refractivity contribution in [2.45, 2.75) is 39.5 Å². The first-order valence-corrected chi connectivity index (χ1v) is 7.25. The Labute approximate surface area is 115 Å². The van der Waals surface area contributed by atoms with Gasteiger partial charge in [-0.3, -0.25) is 4.90 Å². The monoisotopic (exact) mass is 295 g/mol. The molecule has 0 spiro atoms. The molecule has 110 valence electrons.